The van der Waals surface area contributed by atoms with E-state index in [4.69, 9.17) is 22.4 Å². The van der Waals surface area contributed by atoms with E-state index in [0.717, 1.165) is 5.56 Å². The fourth-order valence-corrected chi connectivity index (χ4v) is 1.57. The summed E-state index contributed by atoms with van der Waals surface area (Å²) in [5.41, 5.74) is 6.63. The lowest BCUT2D eigenvalue weighted by molar-refractivity contribution is 0.0698. The van der Waals surface area contributed by atoms with E-state index in [9.17, 15) is 4.79 Å². The molecule has 0 unspecified atom stereocenters. The summed E-state index contributed by atoms with van der Waals surface area (Å²) in [6.45, 7) is 0.413. The summed E-state index contributed by atoms with van der Waals surface area (Å²) in [6.07, 6.45) is 1.24. The van der Waals surface area contributed by atoms with Crippen molar-refractivity contribution in [1.82, 2.24) is 9.78 Å². The number of nitrogens with zero attached hydrogens (tertiary/aromatic N) is 2. The molecule has 3 N–H and O–H groups in total. The number of carbonyl (C=O) groups is 1. The minimum absolute atomic E-state index is 0.0129. The van der Waals surface area contributed by atoms with Crippen LogP contribution < -0.4 is 5.73 Å². The molecule has 0 atom stereocenters. The molecule has 0 amide bonds. The molecule has 1 heterocycles. The van der Waals surface area contributed by atoms with Crippen molar-refractivity contribution in [2.45, 2.75) is 6.54 Å². The summed E-state index contributed by atoms with van der Waals surface area (Å²) in [5.74, 6) is -0.933. The maximum Gasteiger partial charge on any atom is 0.341 e. The quantitative estimate of drug-likeness (QED) is 0.873. The Morgan fingerprint density at radius 3 is 2.59 bits per heavy atom. The van der Waals surface area contributed by atoms with Crippen molar-refractivity contribution in [2.24, 2.45) is 0 Å². The van der Waals surface area contributed by atoms with Crippen LogP contribution in [0, 0.1) is 0 Å². The second-order valence-corrected chi connectivity index (χ2v) is 3.97. The van der Waals surface area contributed by atoms with Gasteiger partial charge in [-0.1, -0.05) is 23.7 Å². The van der Waals surface area contributed by atoms with Crippen molar-refractivity contribution in [3.05, 3.63) is 46.6 Å². The van der Waals surface area contributed by atoms with E-state index in [1.54, 1.807) is 12.1 Å². The van der Waals surface area contributed by atoms with Gasteiger partial charge in [-0.3, -0.25) is 0 Å². The molecule has 88 valence electrons. The fraction of sp³-hybridized carbons (Fsp3) is 0.0909. The molecule has 0 spiro atoms. The molecule has 5 nitrogen and oxygen atoms in total. The van der Waals surface area contributed by atoms with E-state index in [0.29, 0.717) is 11.6 Å². The molecule has 0 aliphatic carbocycles. The molecule has 0 aliphatic heterocycles. The number of aromatic nitrogens is 2. The van der Waals surface area contributed by atoms with E-state index < -0.39 is 5.97 Å². The molecule has 1 aromatic heterocycles. The number of anilines is 1. The second-order valence-electron chi connectivity index (χ2n) is 3.53. The molecule has 0 aliphatic rings. The van der Waals surface area contributed by atoms with Gasteiger partial charge >= 0.3 is 5.97 Å². The highest BCUT2D eigenvalue weighted by Crippen LogP contribution is 2.15. The van der Waals surface area contributed by atoms with Crippen LogP contribution in [0.5, 0.6) is 0 Å². The van der Waals surface area contributed by atoms with E-state index in [2.05, 4.69) is 5.10 Å². The predicted octanol–water partition coefficient (Wildman–Crippen LogP) is 1.87. The van der Waals surface area contributed by atoms with Crippen molar-refractivity contribution < 1.29 is 9.90 Å². The molecule has 0 bridgehead atoms. The van der Waals surface area contributed by atoms with Crippen LogP contribution in [0.4, 0.5) is 5.82 Å². The number of carboxylic acids is 1. The summed E-state index contributed by atoms with van der Waals surface area (Å²) < 4.78 is 1.44. The molecule has 17 heavy (non-hydrogen) atoms. The number of rotatable bonds is 3. The van der Waals surface area contributed by atoms with Crippen molar-refractivity contribution in [3.63, 3.8) is 0 Å². The van der Waals surface area contributed by atoms with Gasteiger partial charge in [0.2, 0.25) is 0 Å². The van der Waals surface area contributed by atoms with Gasteiger partial charge in [0.05, 0.1) is 12.7 Å². The van der Waals surface area contributed by atoms with E-state index in [1.165, 1.54) is 10.9 Å². The van der Waals surface area contributed by atoms with Gasteiger partial charge in [0.25, 0.3) is 0 Å². The Morgan fingerprint density at radius 1 is 1.41 bits per heavy atom. The van der Waals surface area contributed by atoms with Gasteiger partial charge in [-0.25, -0.2) is 9.48 Å². The normalized spacial score (nSPS) is 10.4. The highest BCUT2D eigenvalue weighted by Gasteiger charge is 2.13. The van der Waals surface area contributed by atoms with Gasteiger partial charge in [0.15, 0.2) is 0 Å². The third-order valence-corrected chi connectivity index (χ3v) is 2.61. The van der Waals surface area contributed by atoms with Crippen molar-refractivity contribution in [1.29, 1.82) is 0 Å². The molecule has 0 saturated heterocycles. The summed E-state index contributed by atoms with van der Waals surface area (Å²) >= 11 is 5.77. The van der Waals surface area contributed by atoms with Gasteiger partial charge in [-0.05, 0) is 17.7 Å². The van der Waals surface area contributed by atoms with Gasteiger partial charge < -0.3 is 10.8 Å². The van der Waals surface area contributed by atoms with Gasteiger partial charge in [0.1, 0.15) is 11.4 Å². The Labute approximate surface area is 102 Å². The van der Waals surface area contributed by atoms with Crippen LogP contribution in [0.3, 0.4) is 0 Å². The molecule has 1 aromatic carbocycles. The van der Waals surface area contributed by atoms with Gasteiger partial charge in [-0.15, -0.1) is 0 Å². The Morgan fingerprint density at radius 2 is 2.06 bits per heavy atom. The molecular formula is C11H10ClN3O2. The van der Waals surface area contributed by atoms with Crippen molar-refractivity contribution in [2.75, 3.05) is 5.73 Å². The summed E-state index contributed by atoms with van der Waals surface area (Å²) in [4.78, 5) is 10.8. The summed E-state index contributed by atoms with van der Waals surface area (Å²) in [7, 11) is 0. The molecule has 0 fully saturated rings. The van der Waals surface area contributed by atoms with E-state index in [-0.39, 0.29) is 11.4 Å². The second kappa shape index (κ2) is 4.47. The number of nitrogen functional groups attached to an aromatic ring is 1. The molecule has 0 radical (unpaired) electrons. The molecule has 6 heteroatoms. The number of hydrogen-bond donors (Lipinski definition) is 2. The summed E-state index contributed by atoms with van der Waals surface area (Å²) in [5, 5.41) is 13.4. The average Bonchev–Trinajstić information content (AvgIpc) is 2.64. The number of nitrogens with two attached hydrogens (primary N) is 1. The highest BCUT2D eigenvalue weighted by molar-refractivity contribution is 6.30. The maximum atomic E-state index is 10.8. The van der Waals surface area contributed by atoms with Gasteiger partial charge in [0, 0.05) is 5.02 Å². The Hall–Kier alpha value is -2.01. The van der Waals surface area contributed by atoms with Crippen LogP contribution in [0.2, 0.25) is 5.02 Å². The van der Waals surface area contributed by atoms with Crippen LogP contribution in [-0.4, -0.2) is 20.9 Å². The number of halogens is 1. The lowest BCUT2D eigenvalue weighted by Gasteiger charge is -2.04. The van der Waals surface area contributed by atoms with Crippen LogP contribution >= 0.6 is 11.6 Å². The molecular weight excluding hydrogens is 242 g/mol. The largest absolute Gasteiger partial charge is 0.477 e. The Bertz CT molecular complexity index is 548. The number of carboxylic acid groups (broad SMARTS) is 1. The zero-order valence-electron chi connectivity index (χ0n) is 8.80. The predicted molar refractivity (Wildman–Crippen MR) is 64.2 cm³/mol. The third kappa shape index (κ3) is 2.39. The topological polar surface area (TPSA) is 81.1 Å². The zero-order chi connectivity index (χ0) is 12.4. The minimum Gasteiger partial charge on any atom is -0.477 e. The van der Waals surface area contributed by atoms with Gasteiger partial charge in [-0.2, -0.15) is 5.10 Å². The number of hydrogen-bond acceptors (Lipinski definition) is 3. The van der Waals surface area contributed by atoms with E-state index in [1.807, 2.05) is 12.1 Å². The molecule has 0 saturated carbocycles. The first kappa shape index (κ1) is 11.5. The highest BCUT2D eigenvalue weighted by atomic mass is 35.5. The first-order valence-corrected chi connectivity index (χ1v) is 5.24. The summed E-state index contributed by atoms with van der Waals surface area (Å²) in [6, 6.07) is 7.19. The minimum atomic E-state index is -1.08. The van der Waals surface area contributed by atoms with Crippen LogP contribution in [0.25, 0.3) is 0 Å². The molecule has 2 rings (SSSR count). The monoisotopic (exact) mass is 251 g/mol. The number of benzene rings is 1. The first-order chi connectivity index (χ1) is 8.08. The van der Waals surface area contributed by atoms with Crippen LogP contribution in [0.1, 0.15) is 15.9 Å². The van der Waals surface area contributed by atoms with Crippen molar-refractivity contribution in [3.8, 4) is 0 Å². The lowest BCUT2D eigenvalue weighted by atomic mass is 10.2. The van der Waals surface area contributed by atoms with Crippen LogP contribution in [-0.2, 0) is 6.54 Å². The molecule has 2 aromatic rings. The fourth-order valence-electron chi connectivity index (χ4n) is 1.45. The lowest BCUT2D eigenvalue weighted by Crippen LogP contribution is -2.08. The standard InChI is InChI=1S/C11H10ClN3O2/c12-8-3-1-7(2-4-8)6-15-10(13)9(5-14-15)11(16)17/h1-5H,6,13H2,(H,16,17). The Kier molecular flexibility index (Phi) is 3.01. The zero-order valence-corrected chi connectivity index (χ0v) is 9.55. The third-order valence-electron chi connectivity index (χ3n) is 2.36. The maximum absolute atomic E-state index is 10.8. The smallest absolute Gasteiger partial charge is 0.341 e. The Balaban J connectivity index is 2.24. The average molecular weight is 252 g/mol. The van der Waals surface area contributed by atoms with E-state index >= 15 is 0 Å². The SMILES string of the molecule is Nc1c(C(=O)O)cnn1Cc1ccc(Cl)cc1. The van der Waals surface area contributed by atoms with Crippen LogP contribution in [0.15, 0.2) is 30.5 Å². The first-order valence-electron chi connectivity index (χ1n) is 4.87. The van der Waals surface area contributed by atoms with Crippen molar-refractivity contribution >= 4 is 23.4 Å². The number of aromatic carboxylic acids is 1.